The molecule has 1 saturated heterocycles. The second-order valence-corrected chi connectivity index (χ2v) is 9.00. The highest BCUT2D eigenvalue weighted by Gasteiger charge is 2.49. The van der Waals surface area contributed by atoms with E-state index in [-0.39, 0.29) is 12.2 Å². The average molecular weight is 341 g/mol. The van der Waals surface area contributed by atoms with Crippen LogP contribution in [-0.2, 0) is 19.4 Å². The number of carbonyl (C=O) groups is 1. The van der Waals surface area contributed by atoms with Gasteiger partial charge in [-0.15, -0.1) is 0 Å². The van der Waals surface area contributed by atoms with E-state index in [0.717, 1.165) is 31.5 Å². The summed E-state index contributed by atoms with van der Waals surface area (Å²) in [5.41, 5.74) is 0.244. The zero-order chi connectivity index (χ0) is 16.8. The molecule has 0 radical (unpaired) electrons. The normalized spacial score (nSPS) is 34.3. The van der Waals surface area contributed by atoms with Crippen LogP contribution in [0.2, 0.25) is 0 Å². The first kappa shape index (κ1) is 16.5. The number of ether oxygens (including phenoxy) is 1. The first-order chi connectivity index (χ1) is 10.7. The summed E-state index contributed by atoms with van der Waals surface area (Å²) in [7, 11) is -3.26. The van der Waals surface area contributed by atoms with Crippen molar-refractivity contribution in [3.05, 3.63) is 23.4 Å². The van der Waals surface area contributed by atoms with Gasteiger partial charge in [0.2, 0.25) is 0 Å². The zero-order valence-corrected chi connectivity index (χ0v) is 14.3. The molecular formula is C16H23NO5S. The van der Waals surface area contributed by atoms with Gasteiger partial charge in [0.1, 0.15) is 6.10 Å². The first-order valence-corrected chi connectivity index (χ1v) is 9.72. The third-order valence-corrected chi connectivity index (χ3v) is 7.24. The topological polar surface area (TPSA) is 83.9 Å². The van der Waals surface area contributed by atoms with Gasteiger partial charge in [-0.1, -0.05) is 11.6 Å². The fourth-order valence-electron chi connectivity index (χ4n) is 3.69. The van der Waals surface area contributed by atoms with Crippen molar-refractivity contribution in [3.63, 3.8) is 0 Å². The summed E-state index contributed by atoms with van der Waals surface area (Å²) >= 11 is 0. The molecule has 0 aromatic carbocycles. The highest BCUT2D eigenvalue weighted by atomic mass is 32.2. The van der Waals surface area contributed by atoms with Gasteiger partial charge in [-0.3, -0.25) is 0 Å². The van der Waals surface area contributed by atoms with E-state index < -0.39 is 32.8 Å². The lowest BCUT2D eigenvalue weighted by atomic mass is 9.90. The molecule has 3 rings (SSSR count). The molecule has 6 nitrogen and oxygen atoms in total. The van der Waals surface area contributed by atoms with E-state index in [1.54, 1.807) is 19.9 Å². The van der Waals surface area contributed by atoms with Gasteiger partial charge in [0.25, 0.3) is 0 Å². The van der Waals surface area contributed by atoms with Gasteiger partial charge >= 0.3 is 5.97 Å². The Bertz CT molecular complexity index is 675. The standard InChI is InChI=1S/C16H23NO5S/c1-11-5-8-23(20,21)12(11)9-14(18)16(2)13(10-15(19)22-16)17-6-3-4-7-17/h5,10,12,14,18H,3-4,6-9H2,1-2H3/t12?,14-,16?/m1/s1. The fourth-order valence-corrected chi connectivity index (χ4v) is 5.55. The number of carbonyl (C=O) groups excluding carboxylic acids is 1. The quantitative estimate of drug-likeness (QED) is 0.601. The lowest BCUT2D eigenvalue weighted by molar-refractivity contribution is -0.155. The largest absolute Gasteiger partial charge is 0.447 e. The second kappa shape index (κ2) is 5.63. The molecular weight excluding hydrogens is 318 g/mol. The predicted molar refractivity (Wildman–Crippen MR) is 85.3 cm³/mol. The lowest BCUT2D eigenvalue weighted by Crippen LogP contribution is -2.48. The van der Waals surface area contributed by atoms with E-state index >= 15 is 0 Å². The van der Waals surface area contributed by atoms with Crippen LogP contribution in [0, 0.1) is 0 Å². The summed E-state index contributed by atoms with van der Waals surface area (Å²) in [6.45, 7) is 5.09. The van der Waals surface area contributed by atoms with Crippen LogP contribution in [0.1, 0.15) is 33.1 Å². The Kier molecular flexibility index (Phi) is 4.04. The number of rotatable bonds is 4. The van der Waals surface area contributed by atoms with Gasteiger partial charge in [-0.05, 0) is 33.1 Å². The summed E-state index contributed by atoms with van der Waals surface area (Å²) in [6.07, 6.45) is 4.17. The molecule has 7 heteroatoms. The Hall–Kier alpha value is -1.34. The van der Waals surface area contributed by atoms with Gasteiger partial charge < -0.3 is 14.7 Å². The third kappa shape index (κ3) is 2.80. The van der Waals surface area contributed by atoms with Crippen molar-refractivity contribution < 1.29 is 23.1 Å². The minimum Gasteiger partial charge on any atom is -0.447 e. The minimum absolute atomic E-state index is 0.0154. The maximum absolute atomic E-state index is 12.1. The Morgan fingerprint density at radius 2 is 2.09 bits per heavy atom. The SMILES string of the molecule is CC1=CCS(=O)(=O)C1C[C@@H](O)C1(C)OC(=O)C=C1N1CCCC1. The smallest absolute Gasteiger partial charge is 0.333 e. The van der Waals surface area contributed by atoms with E-state index in [1.807, 2.05) is 0 Å². The fraction of sp³-hybridized carbons (Fsp3) is 0.688. The van der Waals surface area contributed by atoms with Gasteiger partial charge in [-0.2, -0.15) is 0 Å². The lowest BCUT2D eigenvalue weighted by Gasteiger charge is -2.37. The monoisotopic (exact) mass is 341 g/mol. The molecule has 0 aromatic heterocycles. The number of esters is 1. The van der Waals surface area contributed by atoms with Crippen LogP contribution < -0.4 is 0 Å². The number of aliphatic hydroxyl groups excluding tert-OH is 1. The molecule has 3 aliphatic rings. The van der Waals surface area contributed by atoms with E-state index in [0.29, 0.717) is 5.70 Å². The summed E-state index contributed by atoms with van der Waals surface area (Å²) in [4.78, 5) is 13.8. The zero-order valence-electron chi connectivity index (χ0n) is 13.5. The molecule has 1 N–H and O–H groups in total. The van der Waals surface area contributed by atoms with Crippen LogP contribution in [0.15, 0.2) is 23.4 Å². The Balaban J connectivity index is 1.82. The van der Waals surface area contributed by atoms with Crippen molar-refractivity contribution in [3.8, 4) is 0 Å². The highest BCUT2D eigenvalue weighted by Crippen LogP contribution is 2.38. The van der Waals surface area contributed by atoms with Crippen molar-refractivity contribution >= 4 is 15.8 Å². The summed E-state index contributed by atoms with van der Waals surface area (Å²) in [5.74, 6) is -0.461. The van der Waals surface area contributed by atoms with Crippen LogP contribution >= 0.6 is 0 Å². The van der Waals surface area contributed by atoms with Crippen LogP contribution in [-0.4, -0.2) is 60.2 Å². The minimum atomic E-state index is -3.26. The molecule has 128 valence electrons. The molecule has 3 aliphatic heterocycles. The number of sulfone groups is 1. The second-order valence-electron chi connectivity index (χ2n) is 6.77. The van der Waals surface area contributed by atoms with Crippen LogP contribution in [0.4, 0.5) is 0 Å². The van der Waals surface area contributed by atoms with Crippen molar-refractivity contribution in [2.45, 2.75) is 50.1 Å². The van der Waals surface area contributed by atoms with Crippen molar-refractivity contribution in [2.24, 2.45) is 0 Å². The number of cyclic esters (lactones) is 1. The van der Waals surface area contributed by atoms with Gasteiger partial charge in [0.05, 0.1) is 16.7 Å². The molecule has 0 aromatic rings. The molecule has 0 spiro atoms. The van der Waals surface area contributed by atoms with Crippen LogP contribution in [0.5, 0.6) is 0 Å². The van der Waals surface area contributed by atoms with Gasteiger partial charge in [0, 0.05) is 19.2 Å². The van der Waals surface area contributed by atoms with Crippen LogP contribution in [0.3, 0.4) is 0 Å². The predicted octanol–water partition coefficient (Wildman–Crippen LogP) is 0.776. The molecule has 3 heterocycles. The number of likely N-dealkylation sites (tertiary alicyclic amines) is 1. The third-order valence-electron chi connectivity index (χ3n) is 5.17. The molecule has 0 aliphatic carbocycles. The summed E-state index contributed by atoms with van der Waals surface area (Å²) < 4.78 is 29.7. The Morgan fingerprint density at radius 3 is 2.65 bits per heavy atom. The highest BCUT2D eigenvalue weighted by molar-refractivity contribution is 7.92. The molecule has 0 bridgehead atoms. The van der Waals surface area contributed by atoms with Crippen molar-refractivity contribution in [2.75, 3.05) is 18.8 Å². The van der Waals surface area contributed by atoms with Crippen LogP contribution in [0.25, 0.3) is 0 Å². The summed E-state index contributed by atoms with van der Waals surface area (Å²) in [5, 5.41) is 10.0. The number of hydrogen-bond donors (Lipinski definition) is 1. The maximum atomic E-state index is 12.1. The van der Waals surface area contributed by atoms with Gasteiger partial charge in [-0.25, -0.2) is 13.2 Å². The molecule has 0 saturated carbocycles. The van der Waals surface area contributed by atoms with E-state index in [2.05, 4.69) is 4.90 Å². The Labute approximate surface area is 136 Å². The molecule has 0 amide bonds. The number of aliphatic hydroxyl groups is 1. The molecule has 2 unspecified atom stereocenters. The molecule has 1 fully saturated rings. The van der Waals surface area contributed by atoms with Crippen molar-refractivity contribution in [1.29, 1.82) is 0 Å². The summed E-state index contributed by atoms with van der Waals surface area (Å²) in [6, 6.07) is 0. The van der Waals surface area contributed by atoms with E-state index in [1.165, 1.54) is 6.08 Å². The maximum Gasteiger partial charge on any atom is 0.333 e. The van der Waals surface area contributed by atoms with E-state index in [4.69, 9.17) is 4.74 Å². The molecule has 3 atom stereocenters. The number of nitrogens with zero attached hydrogens (tertiary/aromatic N) is 1. The van der Waals surface area contributed by atoms with Crippen molar-refractivity contribution in [1.82, 2.24) is 4.90 Å². The first-order valence-electron chi connectivity index (χ1n) is 8.00. The molecule has 23 heavy (non-hydrogen) atoms. The van der Waals surface area contributed by atoms with E-state index in [9.17, 15) is 18.3 Å². The number of hydrogen-bond acceptors (Lipinski definition) is 6. The Morgan fingerprint density at radius 1 is 1.43 bits per heavy atom. The van der Waals surface area contributed by atoms with Gasteiger partial charge in [0.15, 0.2) is 15.4 Å². The average Bonchev–Trinajstić information content (AvgIpc) is 3.14.